The van der Waals surface area contributed by atoms with Crippen molar-refractivity contribution in [2.75, 3.05) is 23.7 Å². The number of nitrogens with one attached hydrogen (secondary N) is 2. The fourth-order valence-corrected chi connectivity index (χ4v) is 6.44. The van der Waals surface area contributed by atoms with Crippen molar-refractivity contribution in [3.63, 3.8) is 0 Å². The molecule has 6 amide bonds. The van der Waals surface area contributed by atoms with E-state index >= 15 is 0 Å². The number of carbonyl (C=O) groups is 6. The molecule has 0 atom stereocenters. The summed E-state index contributed by atoms with van der Waals surface area (Å²) in [5.41, 5.74) is 2.43. The third-order valence-electron chi connectivity index (χ3n) is 6.99. The Bertz CT molecular complexity index is 1600. The van der Waals surface area contributed by atoms with Crippen LogP contribution in [0, 0.1) is 0 Å². The molecule has 10 nitrogen and oxygen atoms in total. The maximum absolute atomic E-state index is 12.7. The molecule has 0 saturated carbocycles. The average molecular weight is 655 g/mol. The molecule has 0 unspecified atom stereocenters. The monoisotopic (exact) mass is 654 g/mol. The zero-order valence-corrected chi connectivity index (χ0v) is 26.3. The molecule has 2 fully saturated rings. The van der Waals surface area contributed by atoms with Crippen molar-refractivity contribution in [1.29, 1.82) is 0 Å². The number of carbonyl (C=O) groups excluding carboxylic acids is 6. The molecule has 3 aromatic rings. The van der Waals surface area contributed by atoms with Crippen LogP contribution in [0.1, 0.15) is 36.8 Å². The first-order valence-corrected chi connectivity index (χ1v) is 16.2. The predicted molar refractivity (Wildman–Crippen MR) is 180 cm³/mol. The number of hydrogen-bond donors (Lipinski definition) is 2. The Morgan fingerprint density at radius 1 is 0.565 bits per heavy atom. The highest BCUT2D eigenvalue weighted by molar-refractivity contribution is 8.18. The Morgan fingerprint density at radius 2 is 0.935 bits per heavy atom. The van der Waals surface area contributed by atoms with Gasteiger partial charge in [-0.3, -0.25) is 38.6 Å². The zero-order chi connectivity index (χ0) is 32.5. The quantitative estimate of drug-likeness (QED) is 0.209. The molecule has 2 aliphatic heterocycles. The molecule has 0 radical (unpaired) electrons. The van der Waals surface area contributed by atoms with E-state index in [0.717, 1.165) is 44.5 Å². The highest BCUT2D eigenvalue weighted by Crippen LogP contribution is 2.33. The van der Waals surface area contributed by atoms with Gasteiger partial charge in [0.05, 0.1) is 21.2 Å². The summed E-state index contributed by atoms with van der Waals surface area (Å²) in [4.78, 5) is 78.7. The number of rotatable bonds is 12. The molecule has 2 N–H and O–H groups in total. The van der Waals surface area contributed by atoms with E-state index in [1.54, 1.807) is 36.4 Å². The van der Waals surface area contributed by atoms with Crippen LogP contribution >= 0.6 is 23.5 Å². The van der Waals surface area contributed by atoms with E-state index in [2.05, 4.69) is 10.6 Å². The molecule has 0 aliphatic carbocycles. The van der Waals surface area contributed by atoms with Crippen molar-refractivity contribution in [2.45, 2.75) is 25.7 Å². The molecular weight excluding hydrogens is 625 g/mol. The van der Waals surface area contributed by atoms with E-state index < -0.39 is 0 Å². The van der Waals surface area contributed by atoms with Crippen LogP contribution in [-0.2, 0) is 19.2 Å². The molecular formula is C34H30N4O6S2. The van der Waals surface area contributed by atoms with Crippen molar-refractivity contribution in [2.24, 2.45) is 0 Å². The molecule has 5 rings (SSSR count). The fraction of sp³-hybridized carbons (Fsp3) is 0.176. The number of amides is 6. The van der Waals surface area contributed by atoms with Crippen LogP contribution in [0.15, 0.2) is 94.7 Å². The number of benzene rings is 3. The van der Waals surface area contributed by atoms with Crippen molar-refractivity contribution < 1.29 is 28.8 Å². The molecule has 2 aliphatic rings. The summed E-state index contributed by atoms with van der Waals surface area (Å²) in [7, 11) is 0. The van der Waals surface area contributed by atoms with Crippen LogP contribution in [0.3, 0.4) is 0 Å². The first-order valence-electron chi connectivity index (χ1n) is 14.6. The SMILES string of the molecule is O=C(CCCN1C(=O)SC(=Cc2ccccc2)C1=O)Nc1ccccc1NC(=O)CCCN1C(=O)SC(=Cc2ccccc2)C1=O. The summed E-state index contributed by atoms with van der Waals surface area (Å²) in [5, 5.41) is 4.81. The normalized spacial score (nSPS) is 16.5. The average Bonchev–Trinajstić information content (AvgIpc) is 3.46. The van der Waals surface area contributed by atoms with Gasteiger partial charge in [0.15, 0.2) is 0 Å². The molecule has 46 heavy (non-hydrogen) atoms. The maximum atomic E-state index is 12.7. The second kappa shape index (κ2) is 15.4. The van der Waals surface area contributed by atoms with Gasteiger partial charge >= 0.3 is 0 Å². The highest BCUT2D eigenvalue weighted by Gasteiger charge is 2.35. The molecule has 2 heterocycles. The number of thioether (sulfide) groups is 2. The Labute approximate surface area is 274 Å². The van der Waals surface area contributed by atoms with Crippen LogP contribution in [0.5, 0.6) is 0 Å². The predicted octanol–water partition coefficient (Wildman–Crippen LogP) is 6.60. The molecule has 234 valence electrons. The van der Waals surface area contributed by atoms with Gasteiger partial charge in [0.25, 0.3) is 22.3 Å². The highest BCUT2D eigenvalue weighted by atomic mass is 32.2. The third-order valence-corrected chi connectivity index (χ3v) is 8.80. The van der Waals surface area contributed by atoms with Gasteiger partial charge in [-0.05, 0) is 71.8 Å². The van der Waals surface area contributed by atoms with Gasteiger partial charge in [-0.2, -0.15) is 0 Å². The van der Waals surface area contributed by atoms with Gasteiger partial charge in [0.2, 0.25) is 11.8 Å². The lowest BCUT2D eigenvalue weighted by Gasteiger charge is -2.15. The third kappa shape index (κ3) is 8.40. The largest absolute Gasteiger partial charge is 0.324 e. The van der Waals surface area contributed by atoms with E-state index in [4.69, 9.17) is 0 Å². The van der Waals surface area contributed by atoms with Crippen molar-refractivity contribution >= 4 is 81.2 Å². The van der Waals surface area contributed by atoms with E-state index in [9.17, 15) is 28.8 Å². The van der Waals surface area contributed by atoms with Crippen LogP contribution in [-0.4, -0.2) is 57.0 Å². The first-order chi connectivity index (χ1) is 22.3. The lowest BCUT2D eigenvalue weighted by molar-refractivity contribution is -0.123. The topological polar surface area (TPSA) is 133 Å². The molecule has 3 aromatic carbocycles. The smallest absolute Gasteiger partial charge is 0.293 e. The Hall–Kier alpha value is -4.94. The van der Waals surface area contributed by atoms with E-state index in [-0.39, 0.29) is 72.9 Å². The summed E-state index contributed by atoms with van der Waals surface area (Å²) in [5.74, 6) is -1.44. The molecule has 12 heteroatoms. The summed E-state index contributed by atoms with van der Waals surface area (Å²) in [6.45, 7) is 0.208. The molecule has 0 spiro atoms. The van der Waals surface area contributed by atoms with Crippen LogP contribution < -0.4 is 10.6 Å². The maximum Gasteiger partial charge on any atom is 0.293 e. The summed E-state index contributed by atoms with van der Waals surface area (Å²) >= 11 is 1.75. The molecule has 0 bridgehead atoms. The standard InChI is InChI=1S/C34H30N4O6S2/c39-29(17-9-19-37-31(41)27(45-33(37)43)21-23-11-3-1-4-12-23)35-25-15-7-8-16-26(25)36-30(40)18-10-20-38-32(42)28(46-34(38)44)22-24-13-5-2-6-14-24/h1-8,11-16,21-22H,9-10,17-20H2,(H,35,39)(H,36,40). The van der Waals surface area contributed by atoms with E-state index in [0.29, 0.717) is 21.2 Å². The Morgan fingerprint density at radius 3 is 1.33 bits per heavy atom. The summed E-state index contributed by atoms with van der Waals surface area (Å²) < 4.78 is 0. The lowest BCUT2D eigenvalue weighted by atomic mass is 10.2. The minimum absolute atomic E-state index is 0.0539. The van der Waals surface area contributed by atoms with Crippen LogP contribution in [0.2, 0.25) is 0 Å². The second-order valence-corrected chi connectivity index (χ2v) is 12.3. The van der Waals surface area contributed by atoms with Gasteiger partial charge in [-0.25, -0.2) is 0 Å². The van der Waals surface area contributed by atoms with Crippen molar-refractivity contribution in [3.8, 4) is 0 Å². The Kier molecular flexibility index (Phi) is 10.8. The number of nitrogens with zero attached hydrogens (tertiary/aromatic N) is 2. The minimum Gasteiger partial charge on any atom is -0.324 e. The second-order valence-electron chi connectivity index (χ2n) is 10.3. The van der Waals surface area contributed by atoms with Crippen molar-refractivity contribution in [3.05, 3.63) is 106 Å². The van der Waals surface area contributed by atoms with Crippen molar-refractivity contribution in [1.82, 2.24) is 9.80 Å². The molecule has 0 aromatic heterocycles. The molecule has 2 saturated heterocycles. The minimum atomic E-state index is -0.381. The van der Waals surface area contributed by atoms with Crippen LogP contribution in [0.4, 0.5) is 21.0 Å². The fourth-order valence-electron chi connectivity index (χ4n) is 4.71. The van der Waals surface area contributed by atoms with Crippen LogP contribution in [0.25, 0.3) is 12.2 Å². The number of hydrogen-bond acceptors (Lipinski definition) is 8. The number of para-hydroxylation sites is 2. The zero-order valence-electron chi connectivity index (χ0n) is 24.6. The Balaban J connectivity index is 1.07. The lowest BCUT2D eigenvalue weighted by Crippen LogP contribution is -2.30. The number of imide groups is 2. The summed E-state index contributed by atoms with van der Waals surface area (Å²) in [6.07, 6.45) is 4.00. The van der Waals surface area contributed by atoms with Gasteiger partial charge in [-0.15, -0.1) is 0 Å². The number of anilines is 2. The first kappa shape index (κ1) is 32.5. The van der Waals surface area contributed by atoms with Gasteiger partial charge < -0.3 is 10.6 Å². The summed E-state index contributed by atoms with van der Waals surface area (Å²) in [6, 6.07) is 25.2. The van der Waals surface area contributed by atoms with Gasteiger partial charge in [0.1, 0.15) is 0 Å². The van der Waals surface area contributed by atoms with E-state index in [1.165, 1.54) is 0 Å². The van der Waals surface area contributed by atoms with E-state index in [1.807, 2.05) is 60.7 Å². The van der Waals surface area contributed by atoms with Gasteiger partial charge in [0, 0.05) is 25.9 Å². The van der Waals surface area contributed by atoms with Gasteiger partial charge in [-0.1, -0.05) is 72.8 Å².